The molecule has 1 amide bonds. The van der Waals surface area contributed by atoms with Crippen molar-refractivity contribution in [2.24, 2.45) is 11.1 Å². The van der Waals surface area contributed by atoms with Crippen LogP contribution in [0, 0.1) is 5.41 Å². The van der Waals surface area contributed by atoms with Crippen LogP contribution in [0.4, 0.5) is 0 Å². The van der Waals surface area contributed by atoms with Crippen LogP contribution in [0.25, 0.3) is 0 Å². The van der Waals surface area contributed by atoms with Crippen LogP contribution in [0.1, 0.15) is 46.0 Å². The summed E-state index contributed by atoms with van der Waals surface area (Å²) in [6.07, 6.45) is 4.23. The standard InChI is InChI=1S/C12H24N2O2/c1-11(2,13)4-3-10(16)14-9-12(5-6-12)7-8-15/h15H,3-9,13H2,1-2H3,(H,14,16). The normalized spacial score (nSPS) is 18.2. The molecule has 0 aromatic rings. The fourth-order valence-electron chi connectivity index (χ4n) is 1.74. The van der Waals surface area contributed by atoms with E-state index in [4.69, 9.17) is 10.8 Å². The van der Waals surface area contributed by atoms with Gasteiger partial charge in [0.1, 0.15) is 0 Å². The zero-order chi connectivity index (χ0) is 12.2. The summed E-state index contributed by atoms with van der Waals surface area (Å²) in [5, 5.41) is 11.8. The number of carbonyl (C=O) groups excluding carboxylic acids is 1. The van der Waals surface area contributed by atoms with E-state index in [0.717, 1.165) is 19.3 Å². The molecule has 0 heterocycles. The van der Waals surface area contributed by atoms with Crippen molar-refractivity contribution in [2.45, 2.75) is 51.5 Å². The summed E-state index contributed by atoms with van der Waals surface area (Å²) in [7, 11) is 0. The molecule has 94 valence electrons. The van der Waals surface area contributed by atoms with E-state index in [1.165, 1.54) is 0 Å². The highest BCUT2D eigenvalue weighted by molar-refractivity contribution is 5.76. The SMILES string of the molecule is CC(C)(N)CCC(=O)NCC1(CCO)CC1. The molecule has 16 heavy (non-hydrogen) atoms. The Hall–Kier alpha value is -0.610. The third-order valence-electron chi connectivity index (χ3n) is 3.26. The Balaban J connectivity index is 2.16. The highest BCUT2D eigenvalue weighted by atomic mass is 16.3. The molecule has 4 N–H and O–H groups in total. The van der Waals surface area contributed by atoms with E-state index < -0.39 is 0 Å². The highest BCUT2D eigenvalue weighted by Crippen LogP contribution is 2.47. The number of rotatable bonds is 7. The van der Waals surface area contributed by atoms with Crippen molar-refractivity contribution in [1.82, 2.24) is 5.32 Å². The van der Waals surface area contributed by atoms with E-state index in [0.29, 0.717) is 19.4 Å². The maximum Gasteiger partial charge on any atom is 0.220 e. The van der Waals surface area contributed by atoms with Gasteiger partial charge in [0.2, 0.25) is 5.91 Å². The molecule has 1 aliphatic carbocycles. The van der Waals surface area contributed by atoms with Crippen LogP contribution in [0.2, 0.25) is 0 Å². The van der Waals surface area contributed by atoms with E-state index in [2.05, 4.69) is 5.32 Å². The van der Waals surface area contributed by atoms with E-state index >= 15 is 0 Å². The van der Waals surface area contributed by atoms with Gasteiger partial charge in [-0.25, -0.2) is 0 Å². The van der Waals surface area contributed by atoms with Crippen LogP contribution in [0.3, 0.4) is 0 Å². The first-order valence-electron chi connectivity index (χ1n) is 6.03. The van der Waals surface area contributed by atoms with Crippen LogP contribution >= 0.6 is 0 Å². The summed E-state index contributed by atoms with van der Waals surface area (Å²) >= 11 is 0. The van der Waals surface area contributed by atoms with Gasteiger partial charge in [-0.15, -0.1) is 0 Å². The number of amides is 1. The van der Waals surface area contributed by atoms with Gasteiger partial charge in [-0.2, -0.15) is 0 Å². The molecule has 0 spiro atoms. The molecule has 1 saturated carbocycles. The van der Waals surface area contributed by atoms with E-state index in [9.17, 15) is 4.79 Å². The van der Waals surface area contributed by atoms with Crippen LogP contribution in [0.15, 0.2) is 0 Å². The van der Waals surface area contributed by atoms with Gasteiger partial charge in [-0.3, -0.25) is 4.79 Å². The van der Waals surface area contributed by atoms with Crippen molar-refractivity contribution in [3.05, 3.63) is 0 Å². The highest BCUT2D eigenvalue weighted by Gasteiger charge is 2.41. The molecule has 0 bridgehead atoms. The molecule has 0 unspecified atom stereocenters. The van der Waals surface area contributed by atoms with Gasteiger partial charge in [0.25, 0.3) is 0 Å². The summed E-state index contributed by atoms with van der Waals surface area (Å²) in [6.45, 7) is 4.77. The summed E-state index contributed by atoms with van der Waals surface area (Å²) in [4.78, 5) is 11.5. The molecule has 0 aromatic heterocycles. The van der Waals surface area contributed by atoms with Crippen LogP contribution in [-0.4, -0.2) is 29.7 Å². The molecule has 0 atom stereocenters. The second kappa shape index (κ2) is 5.15. The Morgan fingerprint density at radius 3 is 2.56 bits per heavy atom. The Labute approximate surface area is 97.6 Å². The number of hydrogen-bond donors (Lipinski definition) is 3. The van der Waals surface area contributed by atoms with Crippen molar-refractivity contribution in [3.8, 4) is 0 Å². The first kappa shape index (κ1) is 13.5. The molecule has 4 nitrogen and oxygen atoms in total. The lowest BCUT2D eigenvalue weighted by atomic mass is 9.99. The molecule has 0 aliphatic heterocycles. The molecule has 0 aromatic carbocycles. The Morgan fingerprint density at radius 2 is 2.12 bits per heavy atom. The average molecular weight is 228 g/mol. The summed E-state index contributed by atoms with van der Waals surface area (Å²) in [5.74, 6) is 0.0720. The first-order valence-corrected chi connectivity index (χ1v) is 6.03. The lowest BCUT2D eigenvalue weighted by Gasteiger charge is -2.19. The van der Waals surface area contributed by atoms with Gasteiger partial charge < -0.3 is 16.2 Å². The van der Waals surface area contributed by atoms with Crippen molar-refractivity contribution in [1.29, 1.82) is 0 Å². The second-order valence-corrected chi connectivity index (χ2v) is 5.74. The van der Waals surface area contributed by atoms with Gasteiger partial charge in [0.15, 0.2) is 0 Å². The number of aliphatic hydroxyl groups is 1. The molecule has 0 radical (unpaired) electrons. The molecular weight excluding hydrogens is 204 g/mol. The number of nitrogens with one attached hydrogen (secondary N) is 1. The fourth-order valence-corrected chi connectivity index (χ4v) is 1.74. The predicted octanol–water partition coefficient (Wildman–Crippen LogP) is 0.783. The summed E-state index contributed by atoms with van der Waals surface area (Å²) in [6, 6.07) is 0. The second-order valence-electron chi connectivity index (χ2n) is 5.74. The van der Waals surface area contributed by atoms with Gasteiger partial charge in [0.05, 0.1) is 0 Å². The quantitative estimate of drug-likeness (QED) is 0.603. The van der Waals surface area contributed by atoms with Crippen molar-refractivity contribution in [3.63, 3.8) is 0 Å². The van der Waals surface area contributed by atoms with Crippen LogP contribution < -0.4 is 11.1 Å². The molecule has 1 rings (SSSR count). The zero-order valence-corrected chi connectivity index (χ0v) is 10.4. The van der Waals surface area contributed by atoms with Gasteiger partial charge in [-0.1, -0.05) is 0 Å². The Bertz CT molecular complexity index is 242. The Morgan fingerprint density at radius 1 is 1.50 bits per heavy atom. The third kappa shape index (κ3) is 4.94. The lowest BCUT2D eigenvalue weighted by Crippen LogP contribution is -2.36. The monoisotopic (exact) mass is 228 g/mol. The van der Waals surface area contributed by atoms with Crippen molar-refractivity contribution in [2.75, 3.05) is 13.2 Å². The smallest absolute Gasteiger partial charge is 0.220 e. The first-order chi connectivity index (χ1) is 7.37. The fraction of sp³-hybridized carbons (Fsp3) is 0.917. The molecule has 4 heteroatoms. The molecular formula is C12H24N2O2. The number of carbonyl (C=O) groups is 1. The van der Waals surface area contributed by atoms with Crippen molar-refractivity contribution < 1.29 is 9.90 Å². The minimum Gasteiger partial charge on any atom is -0.396 e. The summed E-state index contributed by atoms with van der Waals surface area (Å²) < 4.78 is 0. The number of nitrogens with two attached hydrogens (primary N) is 1. The third-order valence-corrected chi connectivity index (χ3v) is 3.26. The van der Waals surface area contributed by atoms with E-state index in [-0.39, 0.29) is 23.5 Å². The topological polar surface area (TPSA) is 75.4 Å². The van der Waals surface area contributed by atoms with Gasteiger partial charge in [0, 0.05) is 25.1 Å². The van der Waals surface area contributed by atoms with E-state index in [1.54, 1.807) is 0 Å². The average Bonchev–Trinajstić information content (AvgIpc) is 2.92. The Kier molecular flexibility index (Phi) is 4.33. The minimum atomic E-state index is -0.278. The van der Waals surface area contributed by atoms with Crippen LogP contribution in [0.5, 0.6) is 0 Å². The molecule has 1 aliphatic rings. The predicted molar refractivity (Wildman–Crippen MR) is 63.9 cm³/mol. The van der Waals surface area contributed by atoms with Crippen LogP contribution in [-0.2, 0) is 4.79 Å². The molecule has 1 fully saturated rings. The summed E-state index contributed by atoms with van der Waals surface area (Å²) in [5.41, 5.74) is 5.73. The zero-order valence-electron chi connectivity index (χ0n) is 10.4. The maximum absolute atomic E-state index is 11.5. The van der Waals surface area contributed by atoms with Gasteiger partial charge in [-0.05, 0) is 44.9 Å². The minimum absolute atomic E-state index is 0.0720. The van der Waals surface area contributed by atoms with Crippen molar-refractivity contribution >= 4 is 5.91 Å². The lowest BCUT2D eigenvalue weighted by molar-refractivity contribution is -0.121. The maximum atomic E-state index is 11.5. The van der Waals surface area contributed by atoms with Gasteiger partial charge >= 0.3 is 0 Å². The van der Waals surface area contributed by atoms with E-state index in [1.807, 2.05) is 13.8 Å². The molecule has 0 saturated heterocycles. The largest absolute Gasteiger partial charge is 0.396 e. The number of hydrogen-bond acceptors (Lipinski definition) is 3. The number of aliphatic hydroxyl groups excluding tert-OH is 1.